The van der Waals surface area contributed by atoms with Crippen LogP contribution in [0.3, 0.4) is 0 Å². The highest BCUT2D eigenvalue weighted by atomic mass is 16.4. The number of carbonyl (C=O) groups excluding carboxylic acids is 1. The number of aromatic nitrogens is 2. The molecule has 19 heavy (non-hydrogen) atoms. The third-order valence-corrected chi connectivity index (χ3v) is 3.70. The molecule has 0 spiro atoms. The number of nitrogens with one attached hydrogen (secondary N) is 1. The summed E-state index contributed by atoms with van der Waals surface area (Å²) < 4.78 is 1.66. The Bertz CT molecular complexity index is 497. The van der Waals surface area contributed by atoms with Gasteiger partial charge in [0.25, 0.3) is 5.91 Å². The van der Waals surface area contributed by atoms with Crippen LogP contribution in [0.5, 0.6) is 0 Å². The number of carboxylic acid groups (broad SMARTS) is 1. The molecule has 2 rings (SSSR count). The van der Waals surface area contributed by atoms with E-state index in [1.165, 1.54) is 6.33 Å². The molecule has 1 fully saturated rings. The van der Waals surface area contributed by atoms with Gasteiger partial charge < -0.3 is 15.0 Å². The molecule has 0 aliphatic heterocycles. The molecule has 1 aromatic heterocycles. The Hall–Kier alpha value is -1.85. The van der Waals surface area contributed by atoms with Gasteiger partial charge in [0.05, 0.1) is 6.33 Å². The van der Waals surface area contributed by atoms with Crippen LogP contribution in [0.4, 0.5) is 0 Å². The van der Waals surface area contributed by atoms with Gasteiger partial charge in [0.2, 0.25) is 0 Å². The fourth-order valence-electron chi connectivity index (χ4n) is 2.72. The summed E-state index contributed by atoms with van der Waals surface area (Å²) in [4.78, 5) is 27.6. The molecule has 104 valence electrons. The van der Waals surface area contributed by atoms with E-state index in [4.69, 9.17) is 0 Å². The van der Waals surface area contributed by atoms with Crippen molar-refractivity contribution in [1.29, 1.82) is 0 Å². The van der Waals surface area contributed by atoms with Crippen molar-refractivity contribution in [3.63, 3.8) is 0 Å². The molecule has 0 saturated heterocycles. The first-order valence-corrected chi connectivity index (χ1v) is 6.47. The second kappa shape index (κ2) is 5.03. The molecule has 2 unspecified atom stereocenters. The molecule has 0 bridgehead atoms. The first-order valence-electron chi connectivity index (χ1n) is 6.47. The minimum atomic E-state index is -1.15. The van der Waals surface area contributed by atoms with Crippen LogP contribution in [0, 0.1) is 5.92 Å². The van der Waals surface area contributed by atoms with Crippen LogP contribution < -0.4 is 5.32 Å². The average molecular weight is 265 g/mol. The number of hydrogen-bond acceptors (Lipinski definition) is 3. The molecule has 1 heterocycles. The second-order valence-electron chi connectivity index (χ2n) is 5.47. The lowest BCUT2D eigenvalue weighted by Gasteiger charge is -2.36. The lowest BCUT2D eigenvalue weighted by Crippen LogP contribution is -2.56. The normalized spacial score (nSPS) is 26.9. The number of nitrogens with zero attached hydrogens (tertiary/aromatic N) is 2. The number of aryl methyl sites for hydroxylation is 1. The summed E-state index contributed by atoms with van der Waals surface area (Å²) in [5.74, 6) is -1.07. The number of hydrogen-bond donors (Lipinski definition) is 2. The van der Waals surface area contributed by atoms with Crippen LogP contribution in [0.25, 0.3) is 0 Å². The molecule has 0 aromatic carbocycles. The van der Waals surface area contributed by atoms with Gasteiger partial charge in [-0.3, -0.25) is 4.79 Å². The SMILES string of the molecule is CC1CCCC(NC(=O)c2cn(C)cn2)(C(=O)O)C1. The monoisotopic (exact) mass is 265 g/mol. The number of carboxylic acids is 1. The zero-order chi connectivity index (χ0) is 14.0. The average Bonchev–Trinajstić information content (AvgIpc) is 2.75. The van der Waals surface area contributed by atoms with Gasteiger partial charge >= 0.3 is 5.97 Å². The van der Waals surface area contributed by atoms with E-state index in [0.29, 0.717) is 18.8 Å². The van der Waals surface area contributed by atoms with Crippen LogP contribution >= 0.6 is 0 Å². The molecular formula is C13H19N3O3. The summed E-state index contributed by atoms with van der Waals surface area (Å²) >= 11 is 0. The molecule has 6 nitrogen and oxygen atoms in total. The fourth-order valence-corrected chi connectivity index (χ4v) is 2.72. The van der Waals surface area contributed by atoms with Gasteiger partial charge in [-0.1, -0.05) is 19.8 Å². The predicted octanol–water partition coefficient (Wildman–Crippen LogP) is 1.18. The summed E-state index contributed by atoms with van der Waals surface area (Å²) in [7, 11) is 1.76. The summed E-state index contributed by atoms with van der Waals surface area (Å²) in [6.45, 7) is 2.02. The van der Waals surface area contributed by atoms with Crippen LogP contribution in [-0.2, 0) is 11.8 Å². The van der Waals surface area contributed by atoms with Crippen LogP contribution in [-0.4, -0.2) is 32.1 Å². The minimum absolute atomic E-state index is 0.251. The molecule has 1 aromatic rings. The predicted molar refractivity (Wildman–Crippen MR) is 68.7 cm³/mol. The molecule has 1 aliphatic rings. The van der Waals surface area contributed by atoms with E-state index in [2.05, 4.69) is 10.3 Å². The third-order valence-electron chi connectivity index (χ3n) is 3.70. The Morgan fingerprint density at radius 2 is 2.32 bits per heavy atom. The molecule has 2 atom stereocenters. The highest BCUT2D eigenvalue weighted by Gasteiger charge is 2.43. The van der Waals surface area contributed by atoms with Gasteiger partial charge in [-0.05, 0) is 18.8 Å². The Labute approximate surface area is 111 Å². The lowest BCUT2D eigenvalue weighted by atomic mass is 9.76. The molecule has 1 amide bonds. The number of amides is 1. The maximum Gasteiger partial charge on any atom is 0.329 e. The summed E-state index contributed by atoms with van der Waals surface area (Å²) in [6, 6.07) is 0. The highest BCUT2D eigenvalue weighted by Crippen LogP contribution is 2.32. The number of aliphatic carboxylic acids is 1. The van der Waals surface area contributed by atoms with Gasteiger partial charge in [-0.25, -0.2) is 9.78 Å². The van der Waals surface area contributed by atoms with Gasteiger partial charge in [0.1, 0.15) is 11.2 Å². The Kier molecular flexibility index (Phi) is 3.59. The third kappa shape index (κ3) is 2.77. The van der Waals surface area contributed by atoms with Crippen molar-refractivity contribution in [2.45, 2.75) is 38.1 Å². The van der Waals surface area contributed by atoms with Crippen molar-refractivity contribution in [2.75, 3.05) is 0 Å². The summed E-state index contributed by atoms with van der Waals surface area (Å²) in [5, 5.41) is 12.1. The summed E-state index contributed by atoms with van der Waals surface area (Å²) in [5.41, 5.74) is -0.895. The van der Waals surface area contributed by atoms with Crippen molar-refractivity contribution in [3.05, 3.63) is 18.2 Å². The quantitative estimate of drug-likeness (QED) is 0.859. The van der Waals surface area contributed by atoms with E-state index in [1.54, 1.807) is 17.8 Å². The fraction of sp³-hybridized carbons (Fsp3) is 0.615. The van der Waals surface area contributed by atoms with Crippen molar-refractivity contribution in [2.24, 2.45) is 13.0 Å². The first kappa shape index (κ1) is 13.6. The van der Waals surface area contributed by atoms with Crippen molar-refractivity contribution in [3.8, 4) is 0 Å². The Balaban J connectivity index is 2.17. The largest absolute Gasteiger partial charge is 0.480 e. The second-order valence-corrected chi connectivity index (χ2v) is 5.47. The number of imidazole rings is 1. The van der Waals surface area contributed by atoms with Gasteiger partial charge in [-0.15, -0.1) is 0 Å². The first-order chi connectivity index (χ1) is 8.93. The maximum absolute atomic E-state index is 12.1. The van der Waals surface area contributed by atoms with Crippen molar-refractivity contribution in [1.82, 2.24) is 14.9 Å². The zero-order valence-electron chi connectivity index (χ0n) is 11.2. The number of carbonyl (C=O) groups is 2. The van der Waals surface area contributed by atoms with E-state index >= 15 is 0 Å². The summed E-state index contributed by atoms with van der Waals surface area (Å²) in [6.07, 6.45) is 5.87. The van der Waals surface area contributed by atoms with E-state index in [1.807, 2.05) is 6.92 Å². The Morgan fingerprint density at radius 3 is 2.84 bits per heavy atom. The van der Waals surface area contributed by atoms with Crippen molar-refractivity contribution >= 4 is 11.9 Å². The minimum Gasteiger partial charge on any atom is -0.480 e. The Morgan fingerprint density at radius 1 is 1.58 bits per heavy atom. The van der Waals surface area contributed by atoms with E-state index in [0.717, 1.165) is 12.8 Å². The molecule has 1 aliphatic carbocycles. The topological polar surface area (TPSA) is 84.2 Å². The van der Waals surface area contributed by atoms with Crippen LogP contribution in [0.2, 0.25) is 0 Å². The lowest BCUT2D eigenvalue weighted by molar-refractivity contribution is -0.146. The molecule has 2 N–H and O–H groups in total. The van der Waals surface area contributed by atoms with Crippen molar-refractivity contribution < 1.29 is 14.7 Å². The van der Waals surface area contributed by atoms with E-state index < -0.39 is 17.4 Å². The van der Waals surface area contributed by atoms with E-state index in [-0.39, 0.29) is 5.69 Å². The highest BCUT2D eigenvalue weighted by molar-refractivity contribution is 5.96. The smallest absolute Gasteiger partial charge is 0.329 e. The molecule has 0 radical (unpaired) electrons. The molecular weight excluding hydrogens is 246 g/mol. The van der Waals surface area contributed by atoms with E-state index in [9.17, 15) is 14.7 Å². The zero-order valence-corrected chi connectivity index (χ0v) is 11.2. The van der Waals surface area contributed by atoms with Crippen LogP contribution in [0.1, 0.15) is 43.1 Å². The number of rotatable bonds is 3. The van der Waals surface area contributed by atoms with Crippen LogP contribution in [0.15, 0.2) is 12.5 Å². The molecule has 1 saturated carbocycles. The van der Waals surface area contributed by atoms with Gasteiger partial charge in [0, 0.05) is 13.2 Å². The van der Waals surface area contributed by atoms with Gasteiger partial charge in [-0.2, -0.15) is 0 Å². The standard InChI is InChI=1S/C13H19N3O3/c1-9-4-3-5-13(6-9,12(18)19)15-11(17)10-7-16(2)8-14-10/h7-9H,3-6H2,1-2H3,(H,15,17)(H,18,19). The maximum atomic E-state index is 12.1. The molecule has 6 heteroatoms. The van der Waals surface area contributed by atoms with Gasteiger partial charge in [0.15, 0.2) is 0 Å².